The number of nitrogens with one attached hydrogen (secondary N) is 1. The van der Waals surface area contributed by atoms with Crippen molar-refractivity contribution in [3.8, 4) is 11.5 Å². The number of benzene rings is 2. The first-order chi connectivity index (χ1) is 11.4. The van der Waals surface area contributed by atoms with Gasteiger partial charge < -0.3 is 20.5 Å². The van der Waals surface area contributed by atoms with Gasteiger partial charge in [0.05, 0.1) is 25.8 Å². The number of carbonyl (C=O) groups excluding carboxylic acids is 1. The fourth-order valence-corrected chi connectivity index (χ4v) is 2.44. The first-order valence-electron chi connectivity index (χ1n) is 7.84. The van der Waals surface area contributed by atoms with Gasteiger partial charge in [-0.15, -0.1) is 0 Å². The summed E-state index contributed by atoms with van der Waals surface area (Å²) in [5.74, 6) is 1.29. The summed E-state index contributed by atoms with van der Waals surface area (Å²) in [5.41, 5.74) is 10.4. The molecule has 0 bridgehead atoms. The van der Waals surface area contributed by atoms with E-state index in [9.17, 15) is 4.79 Å². The molecule has 0 aliphatic rings. The summed E-state index contributed by atoms with van der Waals surface area (Å²) < 4.78 is 10.9. The van der Waals surface area contributed by atoms with E-state index in [1.165, 1.54) is 5.56 Å². The molecule has 0 radical (unpaired) electrons. The molecule has 2 aromatic carbocycles. The van der Waals surface area contributed by atoms with E-state index >= 15 is 0 Å². The molecule has 0 heterocycles. The van der Waals surface area contributed by atoms with Gasteiger partial charge in [0.25, 0.3) is 0 Å². The Morgan fingerprint density at radius 2 is 1.88 bits per heavy atom. The number of ether oxygens (including phenoxy) is 2. The highest BCUT2D eigenvalue weighted by Crippen LogP contribution is 2.25. The average Bonchev–Trinajstić information content (AvgIpc) is 2.52. The Kier molecular flexibility index (Phi) is 5.68. The quantitative estimate of drug-likeness (QED) is 0.795. The molecule has 1 amide bonds. The number of hydrogen-bond acceptors (Lipinski definition) is 4. The fourth-order valence-electron chi connectivity index (χ4n) is 2.44. The van der Waals surface area contributed by atoms with Crippen molar-refractivity contribution in [2.75, 3.05) is 24.8 Å². The summed E-state index contributed by atoms with van der Waals surface area (Å²) in [6.07, 6.45) is 0.262. The van der Waals surface area contributed by atoms with E-state index < -0.39 is 0 Å². The number of nitrogens with two attached hydrogens (primary N) is 1. The van der Waals surface area contributed by atoms with E-state index in [0.29, 0.717) is 23.7 Å². The first kappa shape index (κ1) is 17.7. The molecule has 5 nitrogen and oxygen atoms in total. The maximum absolute atomic E-state index is 12.0. The summed E-state index contributed by atoms with van der Waals surface area (Å²) in [6, 6.07) is 9.25. The molecule has 0 saturated carbocycles. The number of rotatable bonds is 6. The molecule has 0 saturated heterocycles. The van der Waals surface area contributed by atoms with Crippen LogP contribution in [0.1, 0.15) is 23.1 Å². The molecule has 3 N–H and O–H groups in total. The normalized spacial score (nSPS) is 10.3. The zero-order valence-electron chi connectivity index (χ0n) is 14.6. The van der Waals surface area contributed by atoms with Crippen LogP contribution in [0.3, 0.4) is 0 Å². The summed E-state index contributed by atoms with van der Waals surface area (Å²) in [6.45, 7) is 6.42. The summed E-state index contributed by atoms with van der Waals surface area (Å²) >= 11 is 0. The van der Waals surface area contributed by atoms with Gasteiger partial charge >= 0.3 is 0 Å². The fraction of sp³-hybridized carbons (Fsp3) is 0.316. The van der Waals surface area contributed by atoms with Crippen molar-refractivity contribution in [2.24, 2.45) is 0 Å². The molecule has 2 aromatic rings. The van der Waals surface area contributed by atoms with Gasteiger partial charge in [0.1, 0.15) is 11.5 Å². The third-order valence-electron chi connectivity index (χ3n) is 3.86. The molecule has 5 heteroatoms. The lowest BCUT2D eigenvalue weighted by Crippen LogP contribution is -2.15. The van der Waals surface area contributed by atoms with Crippen LogP contribution in [-0.2, 0) is 4.79 Å². The Labute approximate surface area is 142 Å². The van der Waals surface area contributed by atoms with Gasteiger partial charge in [0.15, 0.2) is 0 Å². The van der Waals surface area contributed by atoms with Crippen LogP contribution in [0.4, 0.5) is 11.4 Å². The lowest BCUT2D eigenvalue weighted by atomic mass is 10.1. The predicted molar refractivity (Wildman–Crippen MR) is 96.8 cm³/mol. The molecule has 0 aliphatic heterocycles. The smallest absolute Gasteiger partial charge is 0.227 e. The van der Waals surface area contributed by atoms with Crippen molar-refractivity contribution in [3.05, 3.63) is 47.0 Å². The van der Waals surface area contributed by atoms with Gasteiger partial charge in [0, 0.05) is 5.69 Å². The second-order valence-corrected chi connectivity index (χ2v) is 5.81. The Hall–Kier alpha value is -2.69. The monoisotopic (exact) mass is 328 g/mol. The SMILES string of the molecule is COc1ccc(NC(=O)CCOc2cc(C)cc(C)c2C)cc1N. The lowest BCUT2D eigenvalue weighted by molar-refractivity contribution is -0.116. The Balaban J connectivity index is 1.89. The summed E-state index contributed by atoms with van der Waals surface area (Å²) in [5, 5.41) is 2.80. The van der Waals surface area contributed by atoms with Crippen LogP contribution in [0.15, 0.2) is 30.3 Å². The van der Waals surface area contributed by atoms with E-state index in [1.54, 1.807) is 25.3 Å². The third-order valence-corrected chi connectivity index (χ3v) is 3.86. The van der Waals surface area contributed by atoms with E-state index in [-0.39, 0.29) is 12.3 Å². The van der Waals surface area contributed by atoms with Crippen LogP contribution in [0, 0.1) is 20.8 Å². The van der Waals surface area contributed by atoms with E-state index in [2.05, 4.69) is 18.3 Å². The number of carbonyl (C=O) groups is 1. The van der Waals surface area contributed by atoms with E-state index in [4.69, 9.17) is 15.2 Å². The third kappa shape index (κ3) is 4.41. The molecular formula is C19H24N2O3. The Morgan fingerprint density at radius 3 is 2.54 bits per heavy atom. The lowest BCUT2D eigenvalue weighted by Gasteiger charge is -2.13. The topological polar surface area (TPSA) is 73.6 Å². The molecule has 0 unspecified atom stereocenters. The van der Waals surface area contributed by atoms with Gasteiger partial charge in [-0.1, -0.05) is 6.07 Å². The molecule has 0 fully saturated rings. The van der Waals surface area contributed by atoms with Crippen LogP contribution < -0.4 is 20.5 Å². The van der Waals surface area contributed by atoms with Gasteiger partial charge in [0.2, 0.25) is 5.91 Å². The Bertz CT molecular complexity index is 742. The highest BCUT2D eigenvalue weighted by molar-refractivity contribution is 5.91. The van der Waals surface area contributed by atoms with E-state index in [0.717, 1.165) is 16.9 Å². The predicted octanol–water partition coefficient (Wildman–Crippen LogP) is 3.61. The van der Waals surface area contributed by atoms with Crippen LogP contribution in [0.25, 0.3) is 0 Å². The highest BCUT2D eigenvalue weighted by atomic mass is 16.5. The van der Waals surface area contributed by atoms with Crippen molar-refractivity contribution in [3.63, 3.8) is 0 Å². The molecule has 24 heavy (non-hydrogen) atoms. The van der Waals surface area contributed by atoms with Crippen molar-refractivity contribution >= 4 is 17.3 Å². The second-order valence-electron chi connectivity index (χ2n) is 5.81. The van der Waals surface area contributed by atoms with Crippen molar-refractivity contribution < 1.29 is 14.3 Å². The number of hydrogen-bond donors (Lipinski definition) is 2. The minimum Gasteiger partial charge on any atom is -0.495 e. The molecule has 0 aromatic heterocycles. The van der Waals surface area contributed by atoms with Gasteiger partial charge in [-0.05, 0) is 61.7 Å². The van der Waals surface area contributed by atoms with E-state index in [1.807, 2.05) is 19.9 Å². The number of aryl methyl sites for hydroxylation is 2. The average molecular weight is 328 g/mol. The number of nitrogen functional groups attached to an aromatic ring is 1. The zero-order chi connectivity index (χ0) is 17.7. The van der Waals surface area contributed by atoms with Crippen LogP contribution in [-0.4, -0.2) is 19.6 Å². The maximum atomic E-state index is 12.0. The maximum Gasteiger partial charge on any atom is 0.227 e. The first-order valence-corrected chi connectivity index (χ1v) is 7.84. The molecular weight excluding hydrogens is 304 g/mol. The molecule has 128 valence electrons. The minimum absolute atomic E-state index is 0.124. The van der Waals surface area contributed by atoms with Gasteiger partial charge in [-0.2, -0.15) is 0 Å². The van der Waals surface area contributed by atoms with Crippen molar-refractivity contribution in [2.45, 2.75) is 27.2 Å². The molecule has 0 atom stereocenters. The number of anilines is 2. The van der Waals surface area contributed by atoms with Crippen molar-refractivity contribution in [1.82, 2.24) is 0 Å². The summed E-state index contributed by atoms with van der Waals surface area (Å²) in [4.78, 5) is 12.0. The van der Waals surface area contributed by atoms with Gasteiger partial charge in [-0.25, -0.2) is 0 Å². The Morgan fingerprint density at radius 1 is 1.12 bits per heavy atom. The molecule has 0 spiro atoms. The number of methoxy groups -OCH3 is 1. The molecule has 0 aliphatic carbocycles. The van der Waals surface area contributed by atoms with Crippen LogP contribution in [0.2, 0.25) is 0 Å². The number of amides is 1. The standard InChI is InChI=1S/C19H24N2O3/c1-12-9-13(2)14(3)18(10-12)24-8-7-19(22)21-15-5-6-17(23-4)16(20)11-15/h5-6,9-11H,7-8,20H2,1-4H3,(H,21,22). The van der Waals surface area contributed by atoms with Gasteiger partial charge in [-0.3, -0.25) is 4.79 Å². The highest BCUT2D eigenvalue weighted by Gasteiger charge is 2.08. The minimum atomic E-state index is -0.124. The van der Waals surface area contributed by atoms with Crippen molar-refractivity contribution in [1.29, 1.82) is 0 Å². The largest absolute Gasteiger partial charge is 0.495 e. The van der Waals surface area contributed by atoms with Crippen LogP contribution >= 0.6 is 0 Å². The summed E-state index contributed by atoms with van der Waals surface area (Å²) in [7, 11) is 1.55. The second kappa shape index (κ2) is 7.73. The zero-order valence-corrected chi connectivity index (χ0v) is 14.6. The molecule has 2 rings (SSSR count). The van der Waals surface area contributed by atoms with Crippen LogP contribution in [0.5, 0.6) is 11.5 Å².